The summed E-state index contributed by atoms with van der Waals surface area (Å²) in [6, 6.07) is 0. The topological polar surface area (TPSA) is 92.4 Å². The summed E-state index contributed by atoms with van der Waals surface area (Å²) in [5.74, 6) is 0. The van der Waals surface area contributed by atoms with Crippen LogP contribution in [0.4, 0.5) is 5.13 Å². The Morgan fingerprint density at radius 3 is 2.43 bits per heavy atom. The average molecular weight is 329 g/mol. The third kappa shape index (κ3) is 2.65. The van der Waals surface area contributed by atoms with Crippen LogP contribution >= 0.6 is 11.3 Å². The predicted octanol–water partition coefficient (Wildman–Crippen LogP) is 0.654. The summed E-state index contributed by atoms with van der Waals surface area (Å²) in [4.78, 5) is 2.19. The van der Waals surface area contributed by atoms with Crippen molar-refractivity contribution in [3.8, 4) is 0 Å². The Kier molecular flexibility index (Phi) is 3.68. The predicted molar refractivity (Wildman–Crippen MR) is 76.9 cm³/mol. The van der Waals surface area contributed by atoms with Gasteiger partial charge in [-0.3, -0.25) is 0 Å². The fourth-order valence-corrected chi connectivity index (χ4v) is 4.44. The second kappa shape index (κ2) is 5.35. The molecule has 0 unspecified atom stereocenters. The Labute approximate surface area is 126 Å². The van der Waals surface area contributed by atoms with E-state index < -0.39 is 10.0 Å². The number of hydrogen-bond donors (Lipinski definition) is 0. The van der Waals surface area contributed by atoms with Crippen LogP contribution in [0.5, 0.6) is 0 Å². The monoisotopic (exact) mass is 329 g/mol. The van der Waals surface area contributed by atoms with Crippen LogP contribution in [0, 0.1) is 13.8 Å². The molecule has 3 heterocycles. The lowest BCUT2D eigenvalue weighted by molar-refractivity contribution is 0.383. The van der Waals surface area contributed by atoms with Gasteiger partial charge in [0.2, 0.25) is 15.2 Å². The Balaban J connectivity index is 1.73. The van der Waals surface area contributed by atoms with Crippen molar-refractivity contribution in [1.82, 2.24) is 19.7 Å². The van der Waals surface area contributed by atoms with Gasteiger partial charge in [-0.25, -0.2) is 8.42 Å². The summed E-state index contributed by atoms with van der Waals surface area (Å²) < 4.78 is 31.2. The van der Waals surface area contributed by atoms with Crippen LogP contribution in [0.15, 0.2) is 15.7 Å². The van der Waals surface area contributed by atoms with E-state index >= 15 is 0 Å². The molecule has 114 valence electrons. The average Bonchev–Trinajstić information content (AvgIpc) is 3.08. The van der Waals surface area contributed by atoms with E-state index in [0.29, 0.717) is 31.9 Å². The van der Waals surface area contributed by atoms with Gasteiger partial charge in [-0.05, 0) is 13.8 Å². The lowest BCUT2D eigenvalue weighted by atomic mass is 10.4. The molecule has 0 saturated carbocycles. The maximum Gasteiger partial charge on any atom is 0.248 e. The number of piperazine rings is 1. The van der Waals surface area contributed by atoms with Crippen LogP contribution in [0.25, 0.3) is 0 Å². The van der Waals surface area contributed by atoms with E-state index in [4.69, 9.17) is 4.52 Å². The van der Waals surface area contributed by atoms with Gasteiger partial charge in [0.1, 0.15) is 21.9 Å². The zero-order valence-corrected chi connectivity index (χ0v) is 13.3. The van der Waals surface area contributed by atoms with Gasteiger partial charge in [0.05, 0.1) is 0 Å². The Morgan fingerprint density at radius 2 is 1.90 bits per heavy atom. The van der Waals surface area contributed by atoms with Crippen molar-refractivity contribution in [3.63, 3.8) is 0 Å². The minimum atomic E-state index is -3.53. The van der Waals surface area contributed by atoms with Gasteiger partial charge < -0.3 is 9.42 Å². The number of nitrogens with zero attached hydrogens (tertiary/aromatic N) is 5. The highest BCUT2D eigenvalue weighted by Gasteiger charge is 2.31. The summed E-state index contributed by atoms with van der Waals surface area (Å²) in [6.45, 7) is 5.53. The molecule has 1 saturated heterocycles. The molecule has 8 nitrogen and oxygen atoms in total. The zero-order valence-electron chi connectivity index (χ0n) is 11.7. The van der Waals surface area contributed by atoms with E-state index in [0.717, 1.165) is 10.1 Å². The lowest BCUT2D eigenvalue weighted by Gasteiger charge is -2.33. The number of sulfonamides is 1. The van der Waals surface area contributed by atoms with Crippen LogP contribution in [0.1, 0.15) is 10.7 Å². The molecule has 0 spiro atoms. The Hall–Kier alpha value is -1.52. The molecular weight excluding hydrogens is 314 g/mol. The molecule has 1 aliphatic rings. The molecule has 0 radical (unpaired) electrons. The Morgan fingerprint density at radius 1 is 1.19 bits per heavy atom. The molecule has 0 atom stereocenters. The number of rotatable bonds is 3. The van der Waals surface area contributed by atoms with Crippen molar-refractivity contribution in [3.05, 3.63) is 17.0 Å². The summed E-state index contributed by atoms with van der Waals surface area (Å²) in [5, 5.41) is 13.5. The SMILES string of the molecule is Cc1nnc(N2CCN(S(=O)(=O)c3conc3C)CC2)s1. The van der Waals surface area contributed by atoms with Crippen LogP contribution in [0.2, 0.25) is 0 Å². The molecule has 2 aromatic heterocycles. The molecule has 0 bridgehead atoms. The van der Waals surface area contributed by atoms with Crippen molar-refractivity contribution in [2.24, 2.45) is 0 Å². The molecule has 0 N–H and O–H groups in total. The maximum atomic E-state index is 12.5. The van der Waals surface area contributed by atoms with Gasteiger partial charge in [0.25, 0.3) is 0 Å². The van der Waals surface area contributed by atoms with Crippen LogP contribution in [-0.4, -0.2) is 54.3 Å². The molecule has 1 aliphatic heterocycles. The second-order valence-electron chi connectivity index (χ2n) is 4.76. The van der Waals surface area contributed by atoms with Gasteiger partial charge in [-0.1, -0.05) is 16.5 Å². The van der Waals surface area contributed by atoms with Crippen molar-refractivity contribution in [2.75, 3.05) is 31.1 Å². The summed E-state index contributed by atoms with van der Waals surface area (Å²) in [5.41, 5.74) is 0.386. The van der Waals surface area contributed by atoms with Crippen LogP contribution in [0.3, 0.4) is 0 Å². The van der Waals surface area contributed by atoms with Crippen LogP contribution < -0.4 is 4.90 Å². The van der Waals surface area contributed by atoms with E-state index in [1.165, 1.54) is 21.9 Å². The largest absolute Gasteiger partial charge is 0.363 e. The summed E-state index contributed by atoms with van der Waals surface area (Å²) >= 11 is 1.51. The van der Waals surface area contributed by atoms with E-state index in [1.54, 1.807) is 6.92 Å². The molecule has 0 aliphatic carbocycles. The lowest BCUT2D eigenvalue weighted by Crippen LogP contribution is -2.48. The highest BCUT2D eigenvalue weighted by molar-refractivity contribution is 7.89. The number of aromatic nitrogens is 3. The minimum absolute atomic E-state index is 0.141. The molecule has 0 aromatic carbocycles. The number of aryl methyl sites for hydroxylation is 2. The zero-order chi connectivity index (χ0) is 15.0. The molecule has 21 heavy (non-hydrogen) atoms. The first kappa shape index (κ1) is 14.4. The van der Waals surface area contributed by atoms with Gasteiger partial charge in [0, 0.05) is 26.2 Å². The highest BCUT2D eigenvalue weighted by atomic mass is 32.2. The van der Waals surface area contributed by atoms with Crippen molar-refractivity contribution < 1.29 is 12.9 Å². The third-order valence-corrected chi connectivity index (χ3v) is 6.24. The van der Waals surface area contributed by atoms with Gasteiger partial charge in [-0.15, -0.1) is 10.2 Å². The molecule has 1 fully saturated rings. The van der Waals surface area contributed by atoms with Gasteiger partial charge in [-0.2, -0.15) is 4.31 Å². The molecule has 0 amide bonds. The summed E-state index contributed by atoms with van der Waals surface area (Å²) in [7, 11) is -3.53. The molecule has 3 rings (SSSR count). The highest BCUT2D eigenvalue weighted by Crippen LogP contribution is 2.24. The number of anilines is 1. The van der Waals surface area contributed by atoms with E-state index in [1.807, 2.05) is 6.92 Å². The van der Waals surface area contributed by atoms with Gasteiger partial charge >= 0.3 is 0 Å². The minimum Gasteiger partial charge on any atom is -0.363 e. The van der Waals surface area contributed by atoms with Crippen LogP contribution in [-0.2, 0) is 10.0 Å². The Bertz CT molecular complexity index is 731. The molecular formula is C11H15N5O3S2. The smallest absolute Gasteiger partial charge is 0.248 e. The normalized spacial score (nSPS) is 17.3. The maximum absolute atomic E-state index is 12.5. The first-order valence-electron chi connectivity index (χ1n) is 6.44. The fourth-order valence-electron chi connectivity index (χ4n) is 2.20. The van der Waals surface area contributed by atoms with Crippen molar-refractivity contribution in [2.45, 2.75) is 18.7 Å². The standard InChI is InChI=1S/C11H15N5O3S2/c1-8-10(7-19-14-8)21(17,18)16-5-3-15(4-6-16)11-13-12-9(2)20-11/h7H,3-6H2,1-2H3. The van der Waals surface area contributed by atoms with Crippen molar-refractivity contribution in [1.29, 1.82) is 0 Å². The van der Waals surface area contributed by atoms with E-state index in [9.17, 15) is 8.42 Å². The fraction of sp³-hybridized carbons (Fsp3) is 0.545. The first-order chi connectivity index (χ1) is 9.98. The third-order valence-electron chi connectivity index (χ3n) is 3.35. The summed E-state index contributed by atoms with van der Waals surface area (Å²) in [6.07, 6.45) is 1.19. The second-order valence-corrected chi connectivity index (χ2v) is 7.83. The first-order valence-corrected chi connectivity index (χ1v) is 8.70. The molecule has 2 aromatic rings. The van der Waals surface area contributed by atoms with Gasteiger partial charge in [0.15, 0.2) is 0 Å². The van der Waals surface area contributed by atoms with E-state index in [-0.39, 0.29) is 4.90 Å². The quantitative estimate of drug-likeness (QED) is 0.816. The number of hydrogen-bond acceptors (Lipinski definition) is 8. The van der Waals surface area contributed by atoms with E-state index in [2.05, 4.69) is 20.3 Å². The molecule has 10 heteroatoms. The van der Waals surface area contributed by atoms with Crippen molar-refractivity contribution >= 4 is 26.5 Å².